The van der Waals surface area contributed by atoms with E-state index < -0.39 is 0 Å². The van der Waals surface area contributed by atoms with Crippen LogP contribution >= 0.6 is 0 Å². The summed E-state index contributed by atoms with van der Waals surface area (Å²) in [5.74, 6) is 0. The van der Waals surface area contributed by atoms with Crippen LogP contribution in [0.4, 0.5) is 0 Å². The molecule has 94 valence electrons. The molecule has 0 bridgehead atoms. The molecule has 1 aromatic rings. The molecule has 0 aliphatic rings. The van der Waals surface area contributed by atoms with E-state index in [0.29, 0.717) is 0 Å². The van der Waals surface area contributed by atoms with Gasteiger partial charge in [-0.25, -0.2) is 0 Å². The molecule has 0 aliphatic carbocycles. The van der Waals surface area contributed by atoms with Gasteiger partial charge in [-0.05, 0) is 44.2 Å². The molecule has 1 aromatic heterocycles. The maximum Gasteiger partial charge on any atom is 0.0544 e. The Balaban J connectivity index is 2.05. The zero-order valence-electron chi connectivity index (χ0n) is 10.5. The molecule has 0 aliphatic heterocycles. The van der Waals surface area contributed by atoms with Crippen molar-refractivity contribution in [2.45, 2.75) is 51.0 Å². The van der Waals surface area contributed by atoms with Crippen molar-refractivity contribution in [1.82, 2.24) is 4.98 Å². The fourth-order valence-corrected chi connectivity index (χ4v) is 1.85. The number of aromatic nitrogens is 1. The zero-order chi connectivity index (χ0) is 12.3. The van der Waals surface area contributed by atoms with Crippen molar-refractivity contribution in [1.29, 1.82) is 0 Å². The quantitative estimate of drug-likeness (QED) is 0.523. The zero-order valence-corrected chi connectivity index (χ0v) is 10.5. The standard InChI is InChI=1S/C15H23NO/c1-2-3-4-5-6-10-15(17)12-11-14-9-7-8-13-16-14/h2,7-9,13,15,17H,1,3-6,10-12H2. The van der Waals surface area contributed by atoms with Gasteiger partial charge in [0.25, 0.3) is 0 Å². The number of hydrogen-bond acceptors (Lipinski definition) is 2. The first kappa shape index (κ1) is 13.9. The fourth-order valence-electron chi connectivity index (χ4n) is 1.85. The first-order valence-corrected chi connectivity index (χ1v) is 6.52. The summed E-state index contributed by atoms with van der Waals surface area (Å²) in [6, 6.07) is 5.92. The molecule has 1 unspecified atom stereocenters. The van der Waals surface area contributed by atoms with Crippen molar-refractivity contribution in [2.24, 2.45) is 0 Å². The van der Waals surface area contributed by atoms with Crippen molar-refractivity contribution in [3.8, 4) is 0 Å². The van der Waals surface area contributed by atoms with Gasteiger partial charge in [-0.3, -0.25) is 4.98 Å². The van der Waals surface area contributed by atoms with Crippen LogP contribution < -0.4 is 0 Å². The Labute approximate surface area is 104 Å². The summed E-state index contributed by atoms with van der Waals surface area (Å²) in [6.45, 7) is 3.70. The number of pyridine rings is 1. The number of rotatable bonds is 9. The highest BCUT2D eigenvalue weighted by Crippen LogP contribution is 2.10. The molecule has 17 heavy (non-hydrogen) atoms. The van der Waals surface area contributed by atoms with Gasteiger partial charge in [-0.1, -0.05) is 25.0 Å². The van der Waals surface area contributed by atoms with E-state index in [1.165, 1.54) is 12.8 Å². The van der Waals surface area contributed by atoms with E-state index in [0.717, 1.165) is 37.8 Å². The molecule has 1 rings (SSSR count). The number of allylic oxidation sites excluding steroid dienone is 1. The third kappa shape index (κ3) is 6.90. The first-order valence-electron chi connectivity index (χ1n) is 6.52. The normalized spacial score (nSPS) is 12.3. The summed E-state index contributed by atoms with van der Waals surface area (Å²) in [7, 11) is 0. The predicted molar refractivity (Wildman–Crippen MR) is 71.8 cm³/mol. The van der Waals surface area contributed by atoms with E-state index in [1.54, 1.807) is 6.20 Å². The second-order valence-corrected chi connectivity index (χ2v) is 4.44. The van der Waals surface area contributed by atoms with Gasteiger partial charge < -0.3 is 5.11 Å². The van der Waals surface area contributed by atoms with Gasteiger partial charge in [0.05, 0.1) is 6.10 Å². The van der Waals surface area contributed by atoms with Crippen molar-refractivity contribution in [3.05, 3.63) is 42.7 Å². The smallest absolute Gasteiger partial charge is 0.0544 e. The molecule has 1 N–H and O–H groups in total. The fraction of sp³-hybridized carbons (Fsp3) is 0.533. The molecule has 0 saturated carbocycles. The molecule has 0 spiro atoms. The molecule has 0 radical (unpaired) electrons. The lowest BCUT2D eigenvalue weighted by atomic mass is 10.0. The lowest BCUT2D eigenvalue weighted by Crippen LogP contribution is -2.08. The lowest BCUT2D eigenvalue weighted by molar-refractivity contribution is 0.151. The Hall–Kier alpha value is -1.15. The van der Waals surface area contributed by atoms with Gasteiger partial charge in [-0.15, -0.1) is 6.58 Å². The first-order chi connectivity index (χ1) is 8.33. The van der Waals surface area contributed by atoms with Crippen LogP contribution in [-0.2, 0) is 6.42 Å². The molecule has 0 amide bonds. The van der Waals surface area contributed by atoms with Crippen LogP contribution in [0.15, 0.2) is 37.1 Å². The van der Waals surface area contributed by atoms with E-state index in [4.69, 9.17) is 0 Å². The summed E-state index contributed by atoms with van der Waals surface area (Å²) in [6.07, 6.45) is 10.7. The van der Waals surface area contributed by atoms with Crippen LogP contribution in [0.2, 0.25) is 0 Å². The highest BCUT2D eigenvalue weighted by Gasteiger charge is 2.04. The van der Waals surface area contributed by atoms with E-state index in [-0.39, 0.29) is 6.10 Å². The molecule has 1 heterocycles. The Kier molecular flexibility index (Phi) is 7.32. The summed E-state index contributed by atoms with van der Waals surface area (Å²) in [5.41, 5.74) is 1.07. The van der Waals surface area contributed by atoms with Gasteiger partial charge in [0.1, 0.15) is 0 Å². The van der Waals surface area contributed by atoms with Crippen LogP contribution in [0.5, 0.6) is 0 Å². The third-order valence-electron chi connectivity index (χ3n) is 2.91. The average molecular weight is 233 g/mol. The maximum absolute atomic E-state index is 9.82. The number of aryl methyl sites for hydroxylation is 1. The minimum absolute atomic E-state index is 0.180. The molecule has 0 fully saturated rings. The van der Waals surface area contributed by atoms with Crippen LogP contribution in [0.25, 0.3) is 0 Å². The molecule has 0 aromatic carbocycles. The molecule has 0 saturated heterocycles. The molecular formula is C15H23NO. The van der Waals surface area contributed by atoms with Gasteiger partial charge in [-0.2, -0.15) is 0 Å². The van der Waals surface area contributed by atoms with Crippen LogP contribution in [-0.4, -0.2) is 16.2 Å². The van der Waals surface area contributed by atoms with E-state index in [2.05, 4.69) is 11.6 Å². The summed E-state index contributed by atoms with van der Waals surface area (Å²) >= 11 is 0. The van der Waals surface area contributed by atoms with E-state index >= 15 is 0 Å². The molecule has 1 atom stereocenters. The highest BCUT2D eigenvalue weighted by atomic mass is 16.3. The maximum atomic E-state index is 9.82. The number of unbranched alkanes of at least 4 members (excludes halogenated alkanes) is 3. The topological polar surface area (TPSA) is 33.1 Å². The summed E-state index contributed by atoms with van der Waals surface area (Å²) < 4.78 is 0. The minimum atomic E-state index is -0.180. The lowest BCUT2D eigenvalue weighted by Gasteiger charge is -2.09. The number of aliphatic hydroxyl groups excluding tert-OH is 1. The third-order valence-corrected chi connectivity index (χ3v) is 2.91. The predicted octanol–water partition coefficient (Wildman–Crippen LogP) is 3.51. The number of nitrogens with zero attached hydrogens (tertiary/aromatic N) is 1. The highest BCUT2D eigenvalue weighted by molar-refractivity contribution is 5.03. The number of hydrogen-bond donors (Lipinski definition) is 1. The van der Waals surface area contributed by atoms with E-state index in [1.807, 2.05) is 24.3 Å². The second kappa shape index (κ2) is 8.94. The van der Waals surface area contributed by atoms with Gasteiger partial charge in [0.15, 0.2) is 0 Å². The van der Waals surface area contributed by atoms with Crippen LogP contribution in [0, 0.1) is 0 Å². The average Bonchev–Trinajstić information content (AvgIpc) is 2.37. The minimum Gasteiger partial charge on any atom is -0.393 e. The van der Waals surface area contributed by atoms with E-state index in [9.17, 15) is 5.11 Å². The molecular weight excluding hydrogens is 210 g/mol. The van der Waals surface area contributed by atoms with Gasteiger partial charge in [0, 0.05) is 11.9 Å². The van der Waals surface area contributed by atoms with Crippen LogP contribution in [0.3, 0.4) is 0 Å². The van der Waals surface area contributed by atoms with Crippen molar-refractivity contribution in [2.75, 3.05) is 0 Å². The number of aliphatic hydroxyl groups is 1. The van der Waals surface area contributed by atoms with Crippen LogP contribution in [0.1, 0.15) is 44.2 Å². The Bertz CT molecular complexity index is 297. The van der Waals surface area contributed by atoms with Crippen molar-refractivity contribution in [3.63, 3.8) is 0 Å². The summed E-state index contributed by atoms with van der Waals surface area (Å²) in [5, 5.41) is 9.82. The largest absolute Gasteiger partial charge is 0.393 e. The SMILES string of the molecule is C=CCCCCCC(O)CCc1ccccn1. The van der Waals surface area contributed by atoms with Gasteiger partial charge in [0.2, 0.25) is 0 Å². The van der Waals surface area contributed by atoms with Gasteiger partial charge >= 0.3 is 0 Å². The second-order valence-electron chi connectivity index (χ2n) is 4.44. The Morgan fingerprint density at radius 3 is 2.82 bits per heavy atom. The summed E-state index contributed by atoms with van der Waals surface area (Å²) in [4.78, 5) is 4.25. The Morgan fingerprint density at radius 2 is 2.12 bits per heavy atom. The molecule has 2 heteroatoms. The molecule has 2 nitrogen and oxygen atoms in total. The monoisotopic (exact) mass is 233 g/mol. The van der Waals surface area contributed by atoms with Crippen molar-refractivity contribution < 1.29 is 5.11 Å². The van der Waals surface area contributed by atoms with Crippen molar-refractivity contribution >= 4 is 0 Å². The Morgan fingerprint density at radius 1 is 1.24 bits per heavy atom.